The molecule has 4 heteroatoms. The van der Waals surface area contributed by atoms with Gasteiger partial charge in [0.25, 0.3) is 0 Å². The Bertz CT molecular complexity index is 1090. The number of aryl methyl sites for hydroxylation is 3. The summed E-state index contributed by atoms with van der Waals surface area (Å²) in [7, 11) is 0. The maximum atomic E-state index is 13.4. The van der Waals surface area contributed by atoms with Gasteiger partial charge in [-0.25, -0.2) is 0 Å². The molecule has 5 rings (SSSR count). The second-order valence-corrected chi connectivity index (χ2v) is 9.11. The molecular weight excluding hydrogens is 376 g/mol. The third-order valence-corrected chi connectivity index (χ3v) is 7.15. The van der Waals surface area contributed by atoms with Crippen molar-refractivity contribution in [2.45, 2.75) is 52.2 Å². The van der Waals surface area contributed by atoms with E-state index < -0.39 is 0 Å². The Morgan fingerprint density at radius 1 is 1.03 bits per heavy atom. The van der Waals surface area contributed by atoms with Crippen LogP contribution in [-0.2, 0) is 9.53 Å². The Labute approximate surface area is 176 Å². The largest absolute Gasteiger partial charge is 0.511 e. The molecule has 154 valence electrons. The van der Waals surface area contributed by atoms with Gasteiger partial charge in [0.1, 0.15) is 5.76 Å². The smallest absolute Gasteiger partial charge is 0.173 e. The number of carbonyl (C=O) groups excluding carboxylic acids is 2. The van der Waals surface area contributed by atoms with Crippen molar-refractivity contribution in [3.05, 3.63) is 75.5 Å². The number of hydrogen-bond donors (Lipinski definition) is 1. The van der Waals surface area contributed by atoms with Gasteiger partial charge in [-0.2, -0.15) is 0 Å². The van der Waals surface area contributed by atoms with Gasteiger partial charge in [-0.1, -0.05) is 42.0 Å². The minimum atomic E-state index is -0.294. The number of ether oxygens (including phenoxy) is 1. The molecule has 1 N–H and O–H groups in total. The van der Waals surface area contributed by atoms with Crippen LogP contribution in [-0.4, -0.2) is 28.9 Å². The second kappa shape index (κ2) is 6.64. The molecule has 3 aliphatic rings. The minimum absolute atomic E-state index is 0.0189. The van der Waals surface area contributed by atoms with E-state index in [1.807, 2.05) is 45.0 Å². The number of rotatable bonds is 3. The SMILES string of the molecule is CC(=O)c1ccc(C2CC3OC2[C@H]2C(O)=C(c4c(C)cc(C)cc4C)C(=O)[C@@H]32)cc1. The van der Waals surface area contributed by atoms with Crippen LogP contribution in [0.3, 0.4) is 0 Å². The maximum absolute atomic E-state index is 13.4. The van der Waals surface area contributed by atoms with Crippen molar-refractivity contribution < 1.29 is 19.4 Å². The van der Waals surface area contributed by atoms with Gasteiger partial charge < -0.3 is 9.84 Å². The number of carbonyl (C=O) groups is 2. The monoisotopic (exact) mass is 402 g/mol. The minimum Gasteiger partial charge on any atom is -0.511 e. The Morgan fingerprint density at radius 2 is 1.67 bits per heavy atom. The molecule has 1 aliphatic carbocycles. The number of fused-ring (bicyclic) bond motifs is 5. The molecule has 30 heavy (non-hydrogen) atoms. The molecule has 0 radical (unpaired) electrons. The van der Waals surface area contributed by atoms with E-state index in [9.17, 15) is 14.7 Å². The Kier molecular flexibility index (Phi) is 4.26. The standard InChI is InChI=1S/C26H26O4/c1-12-9-13(2)20(14(3)10-12)22-24(28)21-19-11-18(26(30-19)23(21)25(22)29)17-7-5-16(6-8-17)15(4)27/h5-10,18-19,21,23,26,29H,11H2,1-4H3/t18?,19?,21-,23+,26?/m0/s1. The van der Waals surface area contributed by atoms with Gasteiger partial charge in [-0.3, -0.25) is 9.59 Å². The summed E-state index contributed by atoms with van der Waals surface area (Å²) in [5.74, 6) is -0.210. The van der Waals surface area contributed by atoms with Gasteiger partial charge in [0.2, 0.25) is 0 Å². The predicted molar refractivity (Wildman–Crippen MR) is 115 cm³/mol. The van der Waals surface area contributed by atoms with E-state index in [0.717, 1.165) is 34.2 Å². The normalized spacial score (nSPS) is 29.6. The molecule has 0 amide bonds. The van der Waals surface area contributed by atoms with Crippen LogP contribution >= 0.6 is 0 Å². The van der Waals surface area contributed by atoms with Crippen molar-refractivity contribution in [3.8, 4) is 0 Å². The number of benzene rings is 2. The summed E-state index contributed by atoms with van der Waals surface area (Å²) in [4.78, 5) is 25.0. The Hall–Kier alpha value is -2.72. The second-order valence-electron chi connectivity index (χ2n) is 9.11. The van der Waals surface area contributed by atoms with Gasteiger partial charge in [0.15, 0.2) is 11.6 Å². The molecule has 3 unspecified atom stereocenters. The Morgan fingerprint density at radius 3 is 2.27 bits per heavy atom. The van der Waals surface area contributed by atoms with Crippen molar-refractivity contribution in [2.24, 2.45) is 11.8 Å². The van der Waals surface area contributed by atoms with Crippen LogP contribution in [0.2, 0.25) is 0 Å². The fourth-order valence-corrected chi connectivity index (χ4v) is 5.97. The first-order valence-corrected chi connectivity index (χ1v) is 10.6. The average Bonchev–Trinajstić information content (AvgIpc) is 3.34. The molecule has 0 spiro atoms. The van der Waals surface area contributed by atoms with E-state index in [-0.39, 0.29) is 47.3 Å². The quantitative estimate of drug-likeness (QED) is 0.745. The summed E-state index contributed by atoms with van der Waals surface area (Å²) < 4.78 is 6.21. The first-order valence-electron chi connectivity index (χ1n) is 10.6. The number of ketones is 2. The van der Waals surface area contributed by atoms with Crippen LogP contribution < -0.4 is 0 Å². The van der Waals surface area contributed by atoms with Crippen molar-refractivity contribution in [1.29, 1.82) is 0 Å². The van der Waals surface area contributed by atoms with E-state index in [1.165, 1.54) is 0 Å². The zero-order chi connectivity index (χ0) is 21.3. The van der Waals surface area contributed by atoms with Crippen molar-refractivity contribution in [3.63, 3.8) is 0 Å². The molecule has 2 bridgehead atoms. The van der Waals surface area contributed by atoms with Crippen LogP contribution in [0.15, 0.2) is 42.2 Å². The van der Waals surface area contributed by atoms with Gasteiger partial charge >= 0.3 is 0 Å². The first-order chi connectivity index (χ1) is 14.3. The average molecular weight is 402 g/mol. The summed E-state index contributed by atoms with van der Waals surface area (Å²) in [5.41, 5.74) is 6.34. The van der Waals surface area contributed by atoms with E-state index in [0.29, 0.717) is 11.1 Å². The lowest BCUT2D eigenvalue weighted by atomic mass is 9.72. The number of Topliss-reactive ketones (excluding diaryl/α,β-unsaturated/α-hetero) is 2. The number of allylic oxidation sites excluding steroid dienone is 1. The topological polar surface area (TPSA) is 63.6 Å². The third kappa shape index (κ3) is 2.63. The molecule has 2 heterocycles. The molecule has 2 aliphatic heterocycles. The zero-order valence-electron chi connectivity index (χ0n) is 17.7. The van der Waals surface area contributed by atoms with E-state index in [2.05, 4.69) is 12.1 Å². The van der Waals surface area contributed by atoms with E-state index in [4.69, 9.17) is 4.74 Å². The summed E-state index contributed by atoms with van der Waals surface area (Å²) in [6.07, 6.45) is 0.384. The molecule has 0 saturated carbocycles. The summed E-state index contributed by atoms with van der Waals surface area (Å²) in [6, 6.07) is 11.8. The Balaban J connectivity index is 1.53. The first kappa shape index (κ1) is 19.3. The highest BCUT2D eigenvalue weighted by Gasteiger charge is 2.62. The third-order valence-electron chi connectivity index (χ3n) is 7.15. The lowest BCUT2D eigenvalue weighted by Crippen LogP contribution is -2.33. The molecular formula is C26H26O4. The van der Waals surface area contributed by atoms with Crippen molar-refractivity contribution in [1.82, 2.24) is 0 Å². The lowest BCUT2D eigenvalue weighted by molar-refractivity contribution is -0.118. The van der Waals surface area contributed by atoms with Gasteiger partial charge in [-0.05, 0) is 56.4 Å². The summed E-state index contributed by atoms with van der Waals surface area (Å²) >= 11 is 0. The molecule has 0 aromatic heterocycles. The van der Waals surface area contributed by atoms with Gasteiger partial charge in [0, 0.05) is 11.5 Å². The van der Waals surface area contributed by atoms with Crippen LogP contribution in [0.25, 0.3) is 5.57 Å². The van der Waals surface area contributed by atoms with E-state index >= 15 is 0 Å². The predicted octanol–water partition coefficient (Wildman–Crippen LogP) is 4.85. The van der Waals surface area contributed by atoms with Crippen LogP contribution in [0.1, 0.15) is 57.4 Å². The van der Waals surface area contributed by atoms with E-state index in [1.54, 1.807) is 6.92 Å². The highest BCUT2D eigenvalue weighted by Crippen LogP contribution is 2.58. The van der Waals surface area contributed by atoms with Crippen LogP contribution in [0.4, 0.5) is 0 Å². The lowest BCUT2D eigenvalue weighted by Gasteiger charge is -2.27. The van der Waals surface area contributed by atoms with Crippen molar-refractivity contribution >= 4 is 17.1 Å². The molecule has 2 fully saturated rings. The highest BCUT2D eigenvalue weighted by atomic mass is 16.5. The molecule has 2 aromatic carbocycles. The molecule has 5 atom stereocenters. The summed E-state index contributed by atoms with van der Waals surface area (Å²) in [6.45, 7) is 7.60. The number of aliphatic hydroxyl groups is 1. The molecule has 4 nitrogen and oxygen atoms in total. The molecule has 2 aromatic rings. The number of hydrogen-bond acceptors (Lipinski definition) is 4. The van der Waals surface area contributed by atoms with Crippen LogP contribution in [0.5, 0.6) is 0 Å². The maximum Gasteiger partial charge on any atom is 0.173 e. The number of aliphatic hydroxyl groups excluding tert-OH is 1. The summed E-state index contributed by atoms with van der Waals surface area (Å²) in [5, 5.41) is 11.2. The van der Waals surface area contributed by atoms with Crippen LogP contribution in [0, 0.1) is 32.6 Å². The zero-order valence-corrected chi connectivity index (χ0v) is 17.7. The van der Waals surface area contributed by atoms with Gasteiger partial charge in [-0.15, -0.1) is 0 Å². The fraction of sp³-hybridized carbons (Fsp3) is 0.385. The molecule has 2 saturated heterocycles. The van der Waals surface area contributed by atoms with Crippen molar-refractivity contribution in [2.75, 3.05) is 0 Å². The fourth-order valence-electron chi connectivity index (χ4n) is 5.97. The highest BCUT2D eigenvalue weighted by molar-refractivity contribution is 6.26. The van der Waals surface area contributed by atoms with Gasteiger partial charge in [0.05, 0.1) is 29.6 Å².